The van der Waals surface area contributed by atoms with E-state index in [2.05, 4.69) is 38.6 Å². The first kappa shape index (κ1) is 18.4. The summed E-state index contributed by atoms with van der Waals surface area (Å²) in [6.07, 6.45) is 4.30. The molecule has 0 unspecified atom stereocenters. The summed E-state index contributed by atoms with van der Waals surface area (Å²) in [5.41, 5.74) is 2.43. The number of carbonyl (C=O) groups is 1. The average molecular weight is 356 g/mol. The summed E-state index contributed by atoms with van der Waals surface area (Å²) in [6, 6.07) is 8.34. The van der Waals surface area contributed by atoms with Gasteiger partial charge in [0.05, 0.1) is 0 Å². The Kier molecular flexibility index (Phi) is 6.26. The van der Waals surface area contributed by atoms with Crippen LogP contribution in [-0.4, -0.2) is 29.1 Å². The fourth-order valence-electron chi connectivity index (χ4n) is 3.21. The number of aryl methyl sites for hydroxylation is 1. The third-order valence-electron chi connectivity index (χ3n) is 4.71. The second kappa shape index (κ2) is 8.83. The minimum Gasteiger partial charge on any atom is -0.371 e. The van der Waals surface area contributed by atoms with E-state index in [-0.39, 0.29) is 11.8 Å². The van der Waals surface area contributed by atoms with E-state index in [0.29, 0.717) is 31.7 Å². The predicted octanol–water partition coefficient (Wildman–Crippen LogP) is 3.43. The van der Waals surface area contributed by atoms with Crippen LogP contribution in [0.5, 0.6) is 0 Å². The molecule has 2 aromatic rings. The first-order valence-corrected chi connectivity index (χ1v) is 9.55. The van der Waals surface area contributed by atoms with Crippen molar-refractivity contribution in [2.45, 2.75) is 58.4 Å². The lowest BCUT2D eigenvalue weighted by Crippen LogP contribution is -2.25. The normalized spacial score (nSPS) is 14.2. The Labute approximate surface area is 155 Å². The van der Waals surface area contributed by atoms with E-state index in [0.717, 1.165) is 18.9 Å². The maximum atomic E-state index is 12.2. The van der Waals surface area contributed by atoms with Gasteiger partial charge in [0.15, 0.2) is 5.82 Å². The molecule has 1 amide bonds. The summed E-state index contributed by atoms with van der Waals surface area (Å²) in [6.45, 7) is 6.84. The number of para-hydroxylation sites is 1. The van der Waals surface area contributed by atoms with Gasteiger partial charge in [-0.1, -0.05) is 37.2 Å². The van der Waals surface area contributed by atoms with Crippen LogP contribution >= 0.6 is 0 Å². The van der Waals surface area contributed by atoms with E-state index in [1.807, 2.05) is 19.9 Å². The Bertz CT molecular complexity index is 720. The van der Waals surface area contributed by atoms with E-state index in [9.17, 15) is 4.79 Å². The molecule has 0 atom stereocenters. The van der Waals surface area contributed by atoms with Crippen LogP contribution in [0.4, 0.5) is 5.69 Å². The maximum Gasteiger partial charge on any atom is 0.226 e. The lowest BCUT2D eigenvalue weighted by molar-refractivity contribution is -0.121. The summed E-state index contributed by atoms with van der Waals surface area (Å²) in [7, 11) is 0. The van der Waals surface area contributed by atoms with Crippen molar-refractivity contribution >= 4 is 11.6 Å². The molecule has 0 saturated carbocycles. The number of rotatable bonds is 8. The van der Waals surface area contributed by atoms with Gasteiger partial charge < -0.3 is 14.7 Å². The van der Waals surface area contributed by atoms with E-state index in [1.54, 1.807) is 0 Å². The van der Waals surface area contributed by atoms with Gasteiger partial charge in [-0.2, -0.15) is 4.98 Å². The molecule has 0 aliphatic carbocycles. The molecule has 6 nitrogen and oxygen atoms in total. The van der Waals surface area contributed by atoms with Crippen molar-refractivity contribution in [1.82, 2.24) is 15.5 Å². The van der Waals surface area contributed by atoms with Crippen LogP contribution in [0.1, 0.15) is 62.7 Å². The molecule has 1 fully saturated rings. The summed E-state index contributed by atoms with van der Waals surface area (Å²) in [4.78, 5) is 18.9. The highest BCUT2D eigenvalue weighted by Crippen LogP contribution is 2.24. The highest BCUT2D eigenvalue weighted by Gasteiger charge is 2.15. The third kappa shape index (κ3) is 4.84. The number of amides is 1. The fraction of sp³-hybridized carbons (Fsp3) is 0.550. The standard InChI is InChI=1S/C20H28N4O2/c1-15(2)20-22-19(26-23-20)11-7-10-18(25)21-14-16-8-3-4-9-17(16)24-12-5-6-13-24/h3-4,8-9,15H,5-7,10-14H2,1-2H3,(H,21,25). The zero-order valence-corrected chi connectivity index (χ0v) is 15.7. The molecule has 2 heterocycles. The maximum absolute atomic E-state index is 12.2. The van der Waals surface area contributed by atoms with E-state index in [4.69, 9.17) is 4.52 Å². The highest BCUT2D eigenvalue weighted by molar-refractivity contribution is 5.76. The van der Waals surface area contributed by atoms with Gasteiger partial charge in [-0.15, -0.1) is 0 Å². The van der Waals surface area contributed by atoms with E-state index >= 15 is 0 Å². The smallest absolute Gasteiger partial charge is 0.226 e. The van der Waals surface area contributed by atoms with Gasteiger partial charge in [-0.25, -0.2) is 0 Å². The lowest BCUT2D eigenvalue weighted by Gasteiger charge is -2.21. The Hall–Kier alpha value is -2.37. The van der Waals surface area contributed by atoms with Crippen LogP contribution in [0.2, 0.25) is 0 Å². The molecule has 1 aromatic carbocycles. The van der Waals surface area contributed by atoms with E-state index < -0.39 is 0 Å². The van der Waals surface area contributed by atoms with Crippen molar-refractivity contribution in [3.8, 4) is 0 Å². The molecule has 3 rings (SSSR count). The van der Waals surface area contributed by atoms with Gasteiger partial charge >= 0.3 is 0 Å². The first-order valence-electron chi connectivity index (χ1n) is 9.55. The number of anilines is 1. The largest absolute Gasteiger partial charge is 0.371 e. The zero-order chi connectivity index (χ0) is 18.4. The molecule has 1 aromatic heterocycles. The third-order valence-corrected chi connectivity index (χ3v) is 4.71. The molecule has 0 bridgehead atoms. The predicted molar refractivity (Wildman–Crippen MR) is 101 cm³/mol. The molecule has 1 aliphatic heterocycles. The molecule has 26 heavy (non-hydrogen) atoms. The van der Waals surface area contributed by atoms with Crippen LogP contribution in [0, 0.1) is 0 Å². The molecule has 1 N–H and O–H groups in total. The van der Waals surface area contributed by atoms with Gasteiger partial charge in [0.25, 0.3) is 0 Å². The molecule has 1 aliphatic rings. The zero-order valence-electron chi connectivity index (χ0n) is 15.7. The van der Waals surface area contributed by atoms with Crippen LogP contribution < -0.4 is 10.2 Å². The second-order valence-electron chi connectivity index (χ2n) is 7.15. The van der Waals surface area contributed by atoms with Gasteiger partial charge in [0, 0.05) is 44.1 Å². The minimum absolute atomic E-state index is 0.0600. The van der Waals surface area contributed by atoms with Crippen LogP contribution in [-0.2, 0) is 17.8 Å². The van der Waals surface area contributed by atoms with Crippen molar-refractivity contribution < 1.29 is 9.32 Å². The number of hydrogen-bond acceptors (Lipinski definition) is 5. The highest BCUT2D eigenvalue weighted by atomic mass is 16.5. The number of carbonyl (C=O) groups excluding carboxylic acids is 1. The molecular weight excluding hydrogens is 328 g/mol. The lowest BCUT2D eigenvalue weighted by atomic mass is 10.1. The number of hydrogen-bond donors (Lipinski definition) is 1. The van der Waals surface area contributed by atoms with Crippen LogP contribution in [0.15, 0.2) is 28.8 Å². The molecular formula is C20H28N4O2. The van der Waals surface area contributed by atoms with Gasteiger partial charge in [0.2, 0.25) is 11.8 Å². The minimum atomic E-state index is 0.0600. The average Bonchev–Trinajstić information content (AvgIpc) is 3.32. The Morgan fingerprint density at radius 2 is 2.04 bits per heavy atom. The summed E-state index contributed by atoms with van der Waals surface area (Å²) in [5, 5.41) is 6.99. The van der Waals surface area contributed by atoms with Crippen LogP contribution in [0.25, 0.3) is 0 Å². The van der Waals surface area contributed by atoms with Crippen molar-refractivity contribution in [1.29, 1.82) is 0 Å². The van der Waals surface area contributed by atoms with Crippen molar-refractivity contribution in [3.05, 3.63) is 41.5 Å². The van der Waals surface area contributed by atoms with Crippen LogP contribution in [0.3, 0.4) is 0 Å². The number of benzene rings is 1. The summed E-state index contributed by atoms with van der Waals surface area (Å²) in [5.74, 6) is 1.65. The Morgan fingerprint density at radius 3 is 2.77 bits per heavy atom. The SMILES string of the molecule is CC(C)c1noc(CCCC(=O)NCc2ccccc2N2CCCC2)n1. The molecule has 0 radical (unpaired) electrons. The topological polar surface area (TPSA) is 71.3 Å². The molecule has 140 valence electrons. The van der Waals surface area contributed by atoms with Gasteiger partial charge in [0.1, 0.15) is 0 Å². The molecule has 1 saturated heterocycles. The second-order valence-corrected chi connectivity index (χ2v) is 7.15. The monoisotopic (exact) mass is 356 g/mol. The quantitative estimate of drug-likeness (QED) is 0.784. The Morgan fingerprint density at radius 1 is 1.27 bits per heavy atom. The fourth-order valence-corrected chi connectivity index (χ4v) is 3.21. The summed E-state index contributed by atoms with van der Waals surface area (Å²) < 4.78 is 5.21. The Balaban J connectivity index is 1.44. The van der Waals surface area contributed by atoms with E-state index in [1.165, 1.54) is 24.1 Å². The van der Waals surface area contributed by atoms with Gasteiger partial charge in [-0.05, 0) is 30.9 Å². The first-order chi connectivity index (χ1) is 12.6. The summed E-state index contributed by atoms with van der Waals surface area (Å²) >= 11 is 0. The number of nitrogens with one attached hydrogen (secondary N) is 1. The van der Waals surface area contributed by atoms with Gasteiger partial charge in [-0.3, -0.25) is 4.79 Å². The number of nitrogens with zero attached hydrogens (tertiary/aromatic N) is 3. The van der Waals surface area contributed by atoms with Crippen molar-refractivity contribution in [3.63, 3.8) is 0 Å². The molecule has 6 heteroatoms. The molecule has 0 spiro atoms. The van der Waals surface area contributed by atoms with Crippen molar-refractivity contribution in [2.24, 2.45) is 0 Å². The van der Waals surface area contributed by atoms with Crippen molar-refractivity contribution in [2.75, 3.05) is 18.0 Å². The number of aromatic nitrogens is 2.